The first-order chi connectivity index (χ1) is 14.4. The molecule has 1 atom stereocenters. The molecule has 1 aliphatic rings. The van der Waals surface area contributed by atoms with Crippen molar-refractivity contribution < 1.29 is 13.9 Å². The lowest BCUT2D eigenvalue weighted by Crippen LogP contribution is -2.39. The van der Waals surface area contributed by atoms with E-state index in [4.69, 9.17) is 9.15 Å². The molecular formula is C23H22N2O4S. The zero-order chi connectivity index (χ0) is 21.4. The highest BCUT2D eigenvalue weighted by molar-refractivity contribution is 7.07. The number of esters is 1. The molecule has 2 aromatic heterocycles. The van der Waals surface area contributed by atoms with Crippen LogP contribution in [0.1, 0.15) is 42.5 Å². The second kappa shape index (κ2) is 7.91. The van der Waals surface area contributed by atoms with E-state index in [1.54, 1.807) is 24.5 Å². The Morgan fingerprint density at radius 1 is 1.20 bits per heavy atom. The average molecular weight is 423 g/mol. The molecule has 0 spiro atoms. The highest BCUT2D eigenvalue weighted by Crippen LogP contribution is 2.30. The predicted molar refractivity (Wildman–Crippen MR) is 115 cm³/mol. The number of aromatic nitrogens is 1. The Hall–Kier alpha value is -3.19. The standard InChI is InChI=1S/C23H22N2O4S/c1-5-28-22(27)19-15(4)24-23-25(20(19)16-9-6-13(2)7-10-16)21(26)18(30-23)12-17-11-8-14(3)29-17/h6-12,20H,5H2,1-4H3. The number of rotatable bonds is 4. The molecule has 1 aromatic carbocycles. The van der Waals surface area contributed by atoms with E-state index in [0.29, 0.717) is 26.4 Å². The number of ether oxygens (including phenoxy) is 1. The maximum Gasteiger partial charge on any atom is 0.338 e. The molecule has 3 heterocycles. The molecule has 1 aliphatic heterocycles. The van der Waals surface area contributed by atoms with E-state index < -0.39 is 12.0 Å². The molecule has 0 aliphatic carbocycles. The zero-order valence-electron chi connectivity index (χ0n) is 17.3. The lowest BCUT2D eigenvalue weighted by Gasteiger charge is -2.24. The van der Waals surface area contributed by atoms with Crippen molar-refractivity contribution in [2.75, 3.05) is 6.61 Å². The third kappa shape index (κ3) is 3.57. The van der Waals surface area contributed by atoms with Gasteiger partial charge in [0.25, 0.3) is 5.56 Å². The van der Waals surface area contributed by atoms with E-state index in [9.17, 15) is 9.59 Å². The molecule has 0 saturated heterocycles. The Bertz CT molecular complexity index is 1320. The second-order valence-corrected chi connectivity index (χ2v) is 8.17. The van der Waals surface area contributed by atoms with Gasteiger partial charge in [0.1, 0.15) is 11.5 Å². The van der Waals surface area contributed by atoms with Crippen LogP contribution in [0.3, 0.4) is 0 Å². The number of hydrogen-bond acceptors (Lipinski definition) is 6. The van der Waals surface area contributed by atoms with Gasteiger partial charge in [-0.3, -0.25) is 9.36 Å². The molecule has 0 amide bonds. The lowest BCUT2D eigenvalue weighted by atomic mass is 9.95. The van der Waals surface area contributed by atoms with E-state index >= 15 is 0 Å². The van der Waals surface area contributed by atoms with Crippen LogP contribution in [0, 0.1) is 13.8 Å². The average Bonchev–Trinajstić information content (AvgIpc) is 3.24. The fraction of sp³-hybridized carbons (Fsp3) is 0.261. The number of carbonyl (C=O) groups is 1. The summed E-state index contributed by atoms with van der Waals surface area (Å²) in [5.41, 5.74) is 2.65. The molecule has 7 heteroatoms. The van der Waals surface area contributed by atoms with Crippen molar-refractivity contribution in [3.8, 4) is 0 Å². The maximum absolute atomic E-state index is 13.4. The van der Waals surface area contributed by atoms with Crippen LogP contribution in [0.25, 0.3) is 6.08 Å². The summed E-state index contributed by atoms with van der Waals surface area (Å²) in [6.07, 6.45) is 1.71. The molecule has 0 bridgehead atoms. The van der Waals surface area contributed by atoms with E-state index in [2.05, 4.69) is 4.99 Å². The third-order valence-electron chi connectivity index (χ3n) is 4.94. The van der Waals surface area contributed by atoms with Crippen molar-refractivity contribution in [3.63, 3.8) is 0 Å². The fourth-order valence-electron chi connectivity index (χ4n) is 3.52. The van der Waals surface area contributed by atoms with Gasteiger partial charge < -0.3 is 9.15 Å². The monoisotopic (exact) mass is 422 g/mol. The number of thiazole rings is 1. The van der Waals surface area contributed by atoms with Crippen molar-refractivity contribution >= 4 is 23.4 Å². The van der Waals surface area contributed by atoms with Gasteiger partial charge in [-0.05, 0) is 45.4 Å². The molecule has 1 unspecified atom stereocenters. The third-order valence-corrected chi connectivity index (χ3v) is 5.93. The number of hydrogen-bond donors (Lipinski definition) is 0. The van der Waals surface area contributed by atoms with Crippen LogP contribution in [0.5, 0.6) is 0 Å². The molecule has 3 aromatic rings. The summed E-state index contributed by atoms with van der Waals surface area (Å²) in [6.45, 7) is 7.63. The molecule has 4 rings (SSSR count). The van der Waals surface area contributed by atoms with Crippen LogP contribution in [0.2, 0.25) is 0 Å². The van der Waals surface area contributed by atoms with Crippen LogP contribution in [-0.4, -0.2) is 17.1 Å². The number of carbonyl (C=O) groups excluding carboxylic acids is 1. The quantitative estimate of drug-likeness (QED) is 0.606. The van der Waals surface area contributed by atoms with E-state index in [0.717, 1.165) is 16.9 Å². The van der Waals surface area contributed by atoms with Crippen LogP contribution in [-0.2, 0) is 9.53 Å². The lowest BCUT2D eigenvalue weighted by molar-refractivity contribution is -0.139. The second-order valence-electron chi connectivity index (χ2n) is 7.16. The summed E-state index contributed by atoms with van der Waals surface area (Å²) >= 11 is 1.28. The molecular weight excluding hydrogens is 400 g/mol. The normalized spacial score (nSPS) is 16.4. The smallest absolute Gasteiger partial charge is 0.338 e. The van der Waals surface area contributed by atoms with Crippen molar-refractivity contribution in [3.05, 3.63) is 90.0 Å². The number of fused-ring (bicyclic) bond motifs is 1. The Balaban J connectivity index is 1.96. The van der Waals surface area contributed by atoms with Gasteiger partial charge in [0, 0.05) is 6.08 Å². The first-order valence-electron chi connectivity index (χ1n) is 9.71. The molecule has 0 saturated carbocycles. The first kappa shape index (κ1) is 20.1. The number of allylic oxidation sites excluding steroid dienone is 1. The highest BCUT2D eigenvalue weighted by Gasteiger charge is 2.33. The Labute approximate surface area is 177 Å². The van der Waals surface area contributed by atoms with E-state index in [-0.39, 0.29) is 12.2 Å². The zero-order valence-corrected chi connectivity index (χ0v) is 18.1. The minimum absolute atomic E-state index is 0.215. The van der Waals surface area contributed by atoms with Crippen LogP contribution >= 0.6 is 11.3 Å². The Morgan fingerprint density at radius 2 is 1.93 bits per heavy atom. The van der Waals surface area contributed by atoms with Crippen molar-refractivity contribution in [1.82, 2.24) is 4.57 Å². The molecule has 6 nitrogen and oxygen atoms in total. The first-order valence-corrected chi connectivity index (χ1v) is 10.5. The fourth-order valence-corrected chi connectivity index (χ4v) is 4.54. The number of nitrogens with zero attached hydrogens (tertiary/aromatic N) is 2. The van der Waals surface area contributed by atoms with Crippen molar-refractivity contribution in [1.29, 1.82) is 0 Å². The summed E-state index contributed by atoms with van der Waals surface area (Å²) < 4.78 is 13.0. The molecule has 30 heavy (non-hydrogen) atoms. The van der Waals surface area contributed by atoms with Crippen molar-refractivity contribution in [2.45, 2.75) is 33.7 Å². The van der Waals surface area contributed by atoms with Crippen LogP contribution < -0.4 is 14.9 Å². The number of benzene rings is 1. The number of furan rings is 1. The summed E-state index contributed by atoms with van der Waals surface area (Å²) in [4.78, 5) is 31.3. The predicted octanol–water partition coefficient (Wildman–Crippen LogP) is 3.01. The maximum atomic E-state index is 13.4. The van der Waals surface area contributed by atoms with Crippen molar-refractivity contribution in [2.24, 2.45) is 4.99 Å². The van der Waals surface area contributed by atoms with Gasteiger partial charge in [-0.15, -0.1) is 0 Å². The molecule has 0 radical (unpaired) electrons. The largest absolute Gasteiger partial charge is 0.463 e. The van der Waals surface area contributed by atoms with E-state index in [1.807, 2.05) is 50.2 Å². The summed E-state index contributed by atoms with van der Waals surface area (Å²) in [5.74, 6) is 0.915. The van der Waals surface area contributed by atoms with Gasteiger partial charge in [0.15, 0.2) is 4.80 Å². The van der Waals surface area contributed by atoms with Crippen LogP contribution in [0.4, 0.5) is 0 Å². The Kier molecular flexibility index (Phi) is 5.30. The highest BCUT2D eigenvalue weighted by atomic mass is 32.1. The summed E-state index contributed by atoms with van der Waals surface area (Å²) in [7, 11) is 0. The van der Waals surface area contributed by atoms with Gasteiger partial charge in [-0.25, -0.2) is 9.79 Å². The molecule has 0 fully saturated rings. The van der Waals surface area contributed by atoms with Gasteiger partial charge in [-0.2, -0.15) is 0 Å². The van der Waals surface area contributed by atoms with Crippen LogP contribution in [0.15, 0.2) is 61.9 Å². The van der Waals surface area contributed by atoms with Gasteiger partial charge in [0.05, 0.1) is 28.5 Å². The van der Waals surface area contributed by atoms with E-state index in [1.165, 1.54) is 11.3 Å². The number of aryl methyl sites for hydroxylation is 2. The van der Waals surface area contributed by atoms with Gasteiger partial charge in [-0.1, -0.05) is 41.2 Å². The summed E-state index contributed by atoms with van der Waals surface area (Å²) in [6, 6.07) is 10.9. The topological polar surface area (TPSA) is 73.8 Å². The minimum atomic E-state index is -0.596. The van der Waals surface area contributed by atoms with Gasteiger partial charge in [0.2, 0.25) is 0 Å². The minimum Gasteiger partial charge on any atom is -0.463 e. The SMILES string of the molecule is CCOC(=O)C1=C(C)N=c2sc(=Cc3ccc(C)o3)c(=O)n2C1c1ccc(C)cc1. The molecule has 154 valence electrons. The Morgan fingerprint density at radius 3 is 2.57 bits per heavy atom. The van der Waals surface area contributed by atoms with Gasteiger partial charge >= 0.3 is 5.97 Å². The summed E-state index contributed by atoms with van der Waals surface area (Å²) in [5, 5.41) is 0. The molecule has 0 N–H and O–H groups in total.